The Morgan fingerprint density at radius 1 is 1.60 bits per heavy atom. The van der Waals surface area contributed by atoms with E-state index in [2.05, 4.69) is 4.98 Å². The SMILES string of the molecule is O=C(O)c1cccnc1.[PbH2]. The summed E-state index contributed by atoms with van der Waals surface area (Å²) in [5.41, 5.74) is 0.220. The van der Waals surface area contributed by atoms with Gasteiger partial charge in [-0.15, -0.1) is 0 Å². The van der Waals surface area contributed by atoms with Gasteiger partial charge >= 0.3 is 33.3 Å². The zero-order chi connectivity index (χ0) is 6.69. The van der Waals surface area contributed by atoms with Crippen LogP contribution >= 0.6 is 0 Å². The van der Waals surface area contributed by atoms with Gasteiger partial charge in [0.1, 0.15) is 0 Å². The van der Waals surface area contributed by atoms with Gasteiger partial charge in [-0.05, 0) is 12.1 Å². The van der Waals surface area contributed by atoms with Gasteiger partial charge in [0.15, 0.2) is 0 Å². The van der Waals surface area contributed by atoms with Crippen molar-refractivity contribution < 1.29 is 9.90 Å². The molecule has 0 spiro atoms. The van der Waals surface area contributed by atoms with Crippen molar-refractivity contribution >= 4 is 33.3 Å². The first kappa shape index (κ1) is 9.54. The van der Waals surface area contributed by atoms with E-state index < -0.39 is 5.97 Å². The number of carboxylic acid groups (broad SMARTS) is 1. The molecule has 3 nitrogen and oxygen atoms in total. The summed E-state index contributed by atoms with van der Waals surface area (Å²) in [6, 6.07) is 3.08. The Balaban J connectivity index is 0.000000810. The number of aromatic carboxylic acids is 1. The molecule has 10 heavy (non-hydrogen) atoms. The topological polar surface area (TPSA) is 50.2 Å². The molecule has 0 unspecified atom stereocenters. The van der Waals surface area contributed by atoms with E-state index in [1.165, 1.54) is 18.5 Å². The molecule has 0 saturated heterocycles. The normalized spacial score (nSPS) is 8.00. The van der Waals surface area contributed by atoms with Gasteiger partial charge in [0.05, 0.1) is 5.56 Å². The Bertz CT molecular complexity index is 212. The fraction of sp³-hybridized carbons (Fsp3) is 0. The van der Waals surface area contributed by atoms with Crippen LogP contribution in [-0.2, 0) is 0 Å². The molecule has 0 aliphatic rings. The van der Waals surface area contributed by atoms with E-state index in [9.17, 15) is 4.79 Å². The fourth-order valence-corrected chi connectivity index (χ4v) is 0.489. The molecule has 0 aliphatic carbocycles. The van der Waals surface area contributed by atoms with Crippen LogP contribution in [0.15, 0.2) is 24.5 Å². The molecule has 52 valence electrons. The van der Waals surface area contributed by atoms with Gasteiger partial charge in [-0.1, -0.05) is 0 Å². The Labute approximate surface area is 78.3 Å². The molecule has 0 bridgehead atoms. The van der Waals surface area contributed by atoms with Crippen LogP contribution in [0.1, 0.15) is 10.4 Å². The fourth-order valence-electron chi connectivity index (χ4n) is 0.489. The van der Waals surface area contributed by atoms with E-state index in [0.717, 1.165) is 0 Å². The third kappa shape index (κ3) is 2.42. The van der Waals surface area contributed by atoms with Gasteiger partial charge < -0.3 is 5.11 Å². The standard InChI is InChI=1S/C6H5NO2.Pb.2H/c8-6(9)5-2-1-3-7-4-5;;;/h1-4H,(H,8,9);;;. The van der Waals surface area contributed by atoms with Crippen molar-refractivity contribution in [2.45, 2.75) is 0 Å². The minimum atomic E-state index is -0.942. The molecule has 1 rings (SSSR count). The molecule has 0 aliphatic heterocycles. The summed E-state index contributed by atoms with van der Waals surface area (Å²) in [6.45, 7) is 0. The number of nitrogens with zero attached hydrogens (tertiary/aromatic N) is 1. The van der Waals surface area contributed by atoms with Crippen LogP contribution in [-0.4, -0.2) is 43.4 Å². The van der Waals surface area contributed by atoms with Gasteiger partial charge in [0.25, 0.3) is 0 Å². The van der Waals surface area contributed by atoms with Crippen molar-refractivity contribution in [3.8, 4) is 0 Å². The third-order valence-corrected chi connectivity index (χ3v) is 0.908. The average molecular weight is 332 g/mol. The van der Waals surface area contributed by atoms with Gasteiger partial charge in [0, 0.05) is 12.4 Å². The second kappa shape index (κ2) is 4.37. The second-order valence-corrected chi connectivity index (χ2v) is 1.55. The van der Waals surface area contributed by atoms with Crippen LogP contribution < -0.4 is 0 Å². The van der Waals surface area contributed by atoms with E-state index >= 15 is 0 Å². The van der Waals surface area contributed by atoms with Crippen molar-refractivity contribution in [2.24, 2.45) is 0 Å². The van der Waals surface area contributed by atoms with Crippen molar-refractivity contribution in [3.05, 3.63) is 30.1 Å². The molecule has 0 amide bonds. The molecular weight excluding hydrogens is 325 g/mol. The van der Waals surface area contributed by atoms with Crippen LogP contribution in [0.25, 0.3) is 0 Å². The number of rotatable bonds is 1. The van der Waals surface area contributed by atoms with E-state index in [4.69, 9.17) is 5.11 Å². The van der Waals surface area contributed by atoms with Crippen LogP contribution in [0.4, 0.5) is 0 Å². The summed E-state index contributed by atoms with van der Waals surface area (Å²) >= 11 is 0. The van der Waals surface area contributed by atoms with Crippen molar-refractivity contribution in [2.75, 3.05) is 0 Å². The molecular formula is C6H7NO2Pb. The molecule has 1 heterocycles. The molecule has 1 N–H and O–H groups in total. The number of carboxylic acids is 1. The zero-order valence-corrected chi connectivity index (χ0v) is 10.8. The number of hydrogen-bond acceptors (Lipinski definition) is 2. The molecule has 1 aromatic heterocycles. The van der Waals surface area contributed by atoms with E-state index in [1.54, 1.807) is 6.07 Å². The first-order chi connectivity index (χ1) is 4.30. The predicted octanol–water partition coefficient (Wildman–Crippen LogP) is -0.136. The predicted molar refractivity (Wildman–Crippen MR) is 39.7 cm³/mol. The maximum absolute atomic E-state index is 10.2. The van der Waals surface area contributed by atoms with Crippen molar-refractivity contribution in [1.29, 1.82) is 0 Å². The molecule has 2 radical (unpaired) electrons. The Kier molecular flexibility index (Phi) is 4.17. The maximum atomic E-state index is 10.2. The summed E-state index contributed by atoms with van der Waals surface area (Å²) in [7, 11) is 0. The van der Waals surface area contributed by atoms with Gasteiger partial charge in [-0.25, -0.2) is 4.79 Å². The van der Waals surface area contributed by atoms with Crippen molar-refractivity contribution in [3.63, 3.8) is 0 Å². The summed E-state index contributed by atoms with van der Waals surface area (Å²) in [4.78, 5) is 13.8. The van der Waals surface area contributed by atoms with Crippen LogP contribution in [0.5, 0.6) is 0 Å². The summed E-state index contributed by atoms with van der Waals surface area (Å²) in [6.07, 6.45) is 2.84. The third-order valence-electron chi connectivity index (χ3n) is 0.908. The molecule has 1 aromatic rings. The van der Waals surface area contributed by atoms with Crippen LogP contribution in [0.2, 0.25) is 0 Å². The van der Waals surface area contributed by atoms with E-state index in [-0.39, 0.29) is 32.9 Å². The molecule has 0 atom stereocenters. The van der Waals surface area contributed by atoms with Gasteiger partial charge in [0.2, 0.25) is 0 Å². The average Bonchev–Trinajstić information content (AvgIpc) is 1.90. The van der Waals surface area contributed by atoms with Crippen molar-refractivity contribution in [1.82, 2.24) is 4.98 Å². The summed E-state index contributed by atoms with van der Waals surface area (Å²) in [5.74, 6) is -0.942. The monoisotopic (exact) mass is 333 g/mol. The van der Waals surface area contributed by atoms with Crippen LogP contribution in [0.3, 0.4) is 0 Å². The van der Waals surface area contributed by atoms with E-state index in [0.29, 0.717) is 0 Å². The second-order valence-electron chi connectivity index (χ2n) is 1.55. The molecule has 4 heteroatoms. The first-order valence-electron chi connectivity index (χ1n) is 2.44. The Morgan fingerprint density at radius 2 is 2.30 bits per heavy atom. The van der Waals surface area contributed by atoms with Crippen LogP contribution in [0, 0.1) is 0 Å². The Morgan fingerprint density at radius 3 is 2.60 bits per heavy atom. The van der Waals surface area contributed by atoms with E-state index in [1.807, 2.05) is 0 Å². The first-order valence-corrected chi connectivity index (χ1v) is 2.44. The number of carbonyl (C=O) groups is 1. The van der Waals surface area contributed by atoms with Gasteiger partial charge in [-0.2, -0.15) is 0 Å². The molecule has 0 fully saturated rings. The molecule has 0 aromatic carbocycles. The van der Waals surface area contributed by atoms with Gasteiger partial charge in [-0.3, -0.25) is 4.98 Å². The molecule has 0 saturated carbocycles. The number of pyridine rings is 1. The zero-order valence-electron chi connectivity index (χ0n) is 5.32. The quantitative estimate of drug-likeness (QED) is 0.729. The number of hydrogen-bond donors (Lipinski definition) is 1. The number of aromatic nitrogens is 1. The summed E-state index contributed by atoms with van der Waals surface area (Å²) < 4.78 is 0. The summed E-state index contributed by atoms with van der Waals surface area (Å²) in [5, 5.41) is 8.34. The minimum absolute atomic E-state index is 0. The Hall–Kier alpha value is -0.458.